The van der Waals surface area contributed by atoms with Crippen molar-refractivity contribution >= 4 is 36.8 Å². The zero-order valence-corrected chi connectivity index (χ0v) is 21.5. The number of nitrogens with zero attached hydrogens (tertiary/aromatic N) is 5. The SMILES string of the molecule is CC(C)(C)[Si](C)(C)OCc1ccc(-n2c(-c3cccnc3[N+](=O)[O-])cc3cnc(Cl)nc32)cc1. The van der Waals surface area contributed by atoms with Crippen molar-refractivity contribution in [2.75, 3.05) is 0 Å². The Morgan fingerprint density at radius 3 is 2.50 bits per heavy atom. The number of nitro groups is 1. The van der Waals surface area contributed by atoms with Crippen LogP contribution in [-0.2, 0) is 11.0 Å². The van der Waals surface area contributed by atoms with E-state index in [-0.39, 0.29) is 16.1 Å². The third kappa shape index (κ3) is 4.59. The van der Waals surface area contributed by atoms with E-state index in [1.165, 1.54) is 6.20 Å². The van der Waals surface area contributed by atoms with Crippen LogP contribution in [0.4, 0.5) is 5.82 Å². The van der Waals surface area contributed by atoms with Crippen molar-refractivity contribution in [1.29, 1.82) is 0 Å². The lowest BCUT2D eigenvalue weighted by atomic mass is 10.1. The largest absolute Gasteiger partial charge is 0.413 e. The second-order valence-electron chi connectivity index (χ2n) is 9.63. The van der Waals surface area contributed by atoms with Crippen LogP contribution in [-0.4, -0.2) is 32.8 Å². The molecule has 4 aromatic rings. The first-order chi connectivity index (χ1) is 16.0. The van der Waals surface area contributed by atoms with Gasteiger partial charge in [0.15, 0.2) is 8.32 Å². The van der Waals surface area contributed by atoms with Crippen molar-refractivity contribution in [3.05, 3.63) is 75.8 Å². The molecule has 8 nitrogen and oxygen atoms in total. The lowest BCUT2D eigenvalue weighted by Crippen LogP contribution is -2.40. The number of benzene rings is 1. The molecule has 0 unspecified atom stereocenters. The smallest absolute Gasteiger partial charge is 0.372 e. The Morgan fingerprint density at radius 1 is 1.15 bits per heavy atom. The number of hydrogen-bond donors (Lipinski definition) is 0. The Bertz CT molecular complexity index is 1360. The van der Waals surface area contributed by atoms with Crippen LogP contribution in [0.3, 0.4) is 0 Å². The lowest BCUT2D eigenvalue weighted by Gasteiger charge is -2.36. The van der Waals surface area contributed by atoms with Crippen molar-refractivity contribution in [3.63, 3.8) is 0 Å². The number of pyridine rings is 1. The Kier molecular flexibility index (Phi) is 6.28. The summed E-state index contributed by atoms with van der Waals surface area (Å²) in [5.74, 6) is -0.231. The Morgan fingerprint density at radius 2 is 1.85 bits per heavy atom. The van der Waals surface area contributed by atoms with Gasteiger partial charge in [0.1, 0.15) is 11.8 Å². The summed E-state index contributed by atoms with van der Waals surface area (Å²) in [5.41, 5.74) is 3.35. The number of aromatic nitrogens is 4. The third-order valence-corrected chi connectivity index (χ3v) is 11.0. The summed E-state index contributed by atoms with van der Waals surface area (Å²) in [7, 11) is -1.87. The van der Waals surface area contributed by atoms with Gasteiger partial charge in [0.05, 0.1) is 17.9 Å². The second-order valence-corrected chi connectivity index (χ2v) is 14.8. The van der Waals surface area contributed by atoms with Gasteiger partial charge in [-0.3, -0.25) is 4.57 Å². The van der Waals surface area contributed by atoms with Gasteiger partial charge in [-0.05, 0) is 75.5 Å². The average Bonchev–Trinajstić information content (AvgIpc) is 3.15. The first kappa shape index (κ1) is 24.0. The molecular formula is C24H26ClN5O3Si. The molecule has 0 aliphatic heterocycles. The van der Waals surface area contributed by atoms with Gasteiger partial charge in [0.2, 0.25) is 5.28 Å². The maximum atomic E-state index is 11.7. The van der Waals surface area contributed by atoms with Crippen LogP contribution in [0.15, 0.2) is 54.9 Å². The van der Waals surface area contributed by atoms with Crippen LogP contribution in [0, 0.1) is 10.1 Å². The van der Waals surface area contributed by atoms with Crippen LogP contribution in [0.25, 0.3) is 28.0 Å². The molecule has 0 saturated carbocycles. The van der Waals surface area contributed by atoms with Crippen LogP contribution < -0.4 is 0 Å². The quantitative estimate of drug-likeness (QED) is 0.130. The van der Waals surface area contributed by atoms with Gasteiger partial charge in [-0.25, -0.2) is 4.98 Å². The molecule has 4 rings (SSSR count). The molecule has 0 spiro atoms. The van der Waals surface area contributed by atoms with Gasteiger partial charge in [-0.2, -0.15) is 4.98 Å². The van der Waals surface area contributed by atoms with E-state index in [9.17, 15) is 10.1 Å². The van der Waals surface area contributed by atoms with Crippen molar-refractivity contribution in [1.82, 2.24) is 19.5 Å². The standard InChI is InChI=1S/C24H26ClN5O3Si/c1-24(2,3)34(4,5)33-15-16-8-10-18(11-9-16)29-20(13-17-14-27-23(25)28-21(17)29)19-7-6-12-26-22(19)30(31)32/h6-14H,15H2,1-5H3. The van der Waals surface area contributed by atoms with E-state index in [1.807, 2.05) is 34.9 Å². The number of fused-ring (bicyclic) bond motifs is 1. The van der Waals surface area contributed by atoms with Crippen LogP contribution in [0.1, 0.15) is 26.3 Å². The van der Waals surface area contributed by atoms with Crippen molar-refractivity contribution < 1.29 is 9.35 Å². The van der Waals surface area contributed by atoms with E-state index in [0.29, 0.717) is 28.9 Å². The van der Waals surface area contributed by atoms with Gasteiger partial charge in [0.25, 0.3) is 0 Å². The minimum Gasteiger partial charge on any atom is -0.413 e. The highest BCUT2D eigenvalue weighted by Gasteiger charge is 2.37. The van der Waals surface area contributed by atoms with Crippen molar-refractivity contribution in [2.45, 2.75) is 45.5 Å². The van der Waals surface area contributed by atoms with Gasteiger partial charge in [-0.15, -0.1) is 0 Å². The zero-order valence-electron chi connectivity index (χ0n) is 19.7. The van der Waals surface area contributed by atoms with Crippen LogP contribution in [0.2, 0.25) is 23.4 Å². The average molecular weight is 496 g/mol. The minimum absolute atomic E-state index is 0.0958. The molecule has 0 fully saturated rings. The molecular weight excluding hydrogens is 470 g/mol. The molecule has 176 valence electrons. The highest BCUT2D eigenvalue weighted by atomic mass is 35.5. The predicted octanol–water partition coefficient (Wildman–Crippen LogP) is 6.57. The summed E-state index contributed by atoms with van der Waals surface area (Å²) in [4.78, 5) is 23.6. The Balaban J connectivity index is 1.78. The topological polar surface area (TPSA) is 96.0 Å². The van der Waals surface area contributed by atoms with Crippen molar-refractivity contribution in [3.8, 4) is 16.9 Å². The molecule has 0 atom stereocenters. The molecule has 10 heteroatoms. The molecule has 0 bridgehead atoms. The first-order valence-electron chi connectivity index (χ1n) is 10.8. The molecule has 0 saturated heterocycles. The Labute approximate surface area is 203 Å². The molecule has 0 N–H and O–H groups in total. The second kappa shape index (κ2) is 8.90. The summed E-state index contributed by atoms with van der Waals surface area (Å²) in [5, 5.41) is 12.6. The fraction of sp³-hybridized carbons (Fsp3) is 0.292. The van der Waals surface area contributed by atoms with E-state index >= 15 is 0 Å². The van der Waals surface area contributed by atoms with E-state index in [1.54, 1.807) is 18.3 Å². The predicted molar refractivity (Wildman–Crippen MR) is 136 cm³/mol. The maximum Gasteiger partial charge on any atom is 0.372 e. The minimum atomic E-state index is -1.87. The zero-order chi connectivity index (χ0) is 24.7. The third-order valence-electron chi connectivity index (χ3n) is 6.35. The normalized spacial score (nSPS) is 12.3. The summed E-state index contributed by atoms with van der Waals surface area (Å²) in [6, 6.07) is 13.1. The van der Waals surface area contributed by atoms with Crippen molar-refractivity contribution in [2.24, 2.45) is 0 Å². The van der Waals surface area contributed by atoms with Gasteiger partial charge >= 0.3 is 5.82 Å². The monoisotopic (exact) mass is 495 g/mol. The number of halogens is 1. The van der Waals surface area contributed by atoms with Crippen LogP contribution in [0.5, 0.6) is 0 Å². The van der Waals surface area contributed by atoms with Gasteiger partial charge in [-0.1, -0.05) is 32.9 Å². The molecule has 1 aromatic carbocycles. The Hall–Kier alpha value is -3.14. The van der Waals surface area contributed by atoms with Gasteiger partial charge < -0.3 is 14.5 Å². The fourth-order valence-electron chi connectivity index (χ4n) is 3.39. The number of hydrogen-bond acceptors (Lipinski definition) is 6. The van der Waals surface area contributed by atoms with Crippen LogP contribution >= 0.6 is 11.6 Å². The molecule has 0 amide bonds. The summed E-state index contributed by atoms with van der Waals surface area (Å²) < 4.78 is 8.18. The summed E-state index contributed by atoms with van der Waals surface area (Å²) in [6.45, 7) is 11.6. The highest BCUT2D eigenvalue weighted by Crippen LogP contribution is 2.37. The first-order valence-corrected chi connectivity index (χ1v) is 14.1. The van der Waals surface area contributed by atoms with E-state index in [0.717, 1.165) is 11.3 Å². The van der Waals surface area contributed by atoms with Gasteiger partial charge in [0, 0.05) is 17.3 Å². The highest BCUT2D eigenvalue weighted by molar-refractivity contribution is 6.74. The maximum absolute atomic E-state index is 11.7. The molecule has 0 aliphatic rings. The summed E-state index contributed by atoms with van der Waals surface area (Å²) in [6.07, 6.45) is 3.01. The molecule has 34 heavy (non-hydrogen) atoms. The summed E-state index contributed by atoms with van der Waals surface area (Å²) >= 11 is 6.09. The number of rotatable bonds is 6. The molecule has 0 aliphatic carbocycles. The van der Waals surface area contributed by atoms with E-state index in [4.69, 9.17) is 16.0 Å². The molecule has 3 aromatic heterocycles. The van der Waals surface area contributed by atoms with E-state index in [2.05, 4.69) is 48.8 Å². The molecule has 3 heterocycles. The lowest BCUT2D eigenvalue weighted by molar-refractivity contribution is -0.388. The fourth-order valence-corrected chi connectivity index (χ4v) is 4.48. The molecule has 0 radical (unpaired) electrons. The van der Waals surface area contributed by atoms with E-state index < -0.39 is 13.2 Å².